The number of benzene rings is 1. The normalized spacial score (nSPS) is 31.1. The third-order valence-electron chi connectivity index (χ3n) is 12.6. The van der Waals surface area contributed by atoms with Crippen molar-refractivity contribution in [3.63, 3.8) is 0 Å². The highest BCUT2D eigenvalue weighted by atomic mass is 32.2. The molecule has 7 atom stereocenters. The van der Waals surface area contributed by atoms with Gasteiger partial charge in [-0.15, -0.1) is 0 Å². The van der Waals surface area contributed by atoms with Crippen LogP contribution in [0.4, 0.5) is 0 Å². The van der Waals surface area contributed by atoms with Crippen LogP contribution in [0.5, 0.6) is 11.6 Å². The first-order valence-electron chi connectivity index (χ1n) is 20.4. The molecule has 4 heterocycles. The van der Waals surface area contributed by atoms with Crippen LogP contribution in [0.25, 0.3) is 10.8 Å². The Labute approximate surface area is 330 Å². The van der Waals surface area contributed by atoms with Crippen molar-refractivity contribution in [3.05, 3.63) is 42.1 Å². The Kier molecular flexibility index (Phi) is 10.8. The van der Waals surface area contributed by atoms with Crippen molar-refractivity contribution >= 4 is 44.4 Å². The number of pyridine rings is 1. The van der Waals surface area contributed by atoms with Gasteiger partial charge >= 0.3 is 5.97 Å². The van der Waals surface area contributed by atoms with Crippen molar-refractivity contribution in [2.45, 2.75) is 135 Å². The van der Waals surface area contributed by atoms with Crippen LogP contribution in [0.15, 0.2) is 36.4 Å². The maximum atomic E-state index is 14.9. The molecule has 2 saturated carbocycles. The number of aromatic nitrogens is 1. The number of aryl methyl sites for hydroxylation is 1. The fraction of sp³-hybridized carbons (Fsp3) is 0.651. The molecule has 304 valence electrons. The Morgan fingerprint density at radius 3 is 2.54 bits per heavy atom. The molecule has 13 heteroatoms. The minimum Gasteiger partial charge on any atom is -0.491 e. The summed E-state index contributed by atoms with van der Waals surface area (Å²) < 4.78 is 46.3. The highest BCUT2D eigenvalue weighted by Crippen LogP contribution is 2.58. The smallest absolute Gasteiger partial charge is 0.307 e. The second-order valence-corrected chi connectivity index (χ2v) is 20.6. The Morgan fingerprint density at radius 1 is 1.09 bits per heavy atom. The molecule has 3 aliphatic heterocycles. The van der Waals surface area contributed by atoms with Crippen LogP contribution in [0, 0.1) is 29.1 Å². The maximum absolute atomic E-state index is 14.9. The second-order valence-electron chi connectivity index (χ2n) is 18.4. The van der Waals surface area contributed by atoms with Crippen LogP contribution >= 0.6 is 0 Å². The molecule has 7 rings (SSSR count). The second kappa shape index (κ2) is 15.1. The predicted molar refractivity (Wildman–Crippen MR) is 210 cm³/mol. The summed E-state index contributed by atoms with van der Waals surface area (Å²) >= 11 is 0. The average molecular weight is 792 g/mol. The number of carbonyl (C=O) groups excluding carboxylic acids is 4. The van der Waals surface area contributed by atoms with Gasteiger partial charge in [0.2, 0.25) is 27.7 Å². The standard InChI is InChI=1S/C43H57N3O9S/c1-26-12-7-8-13-28-23-43(28,40(50)45-56(51,52)42(6)17-18-42)24-35(47)34-21-29(25-46(34)39(49)32(27(2)20-26)22-36(48)55-41(3,4)5)54-38-31-15-10-9-14-30(31)37-33(44-38)16-11-19-53-37/h8-10,13-15,26-29,32,34H,7,11-12,16-25H2,1-6H3,(H,45,50)/b13-8-/t26-,27-,28-,29-,32+,34+,43-/m1/s1. The number of nitrogens with one attached hydrogen (secondary N) is 1. The van der Waals surface area contributed by atoms with E-state index in [9.17, 15) is 27.6 Å². The van der Waals surface area contributed by atoms with Gasteiger partial charge in [-0.05, 0) is 103 Å². The first kappa shape index (κ1) is 40.2. The molecule has 5 aliphatic rings. The van der Waals surface area contributed by atoms with Crippen molar-refractivity contribution in [2.75, 3.05) is 13.2 Å². The molecule has 0 bridgehead atoms. The quantitative estimate of drug-likeness (QED) is 0.252. The highest BCUT2D eigenvalue weighted by Gasteiger charge is 2.62. The van der Waals surface area contributed by atoms with Gasteiger partial charge in [0.15, 0.2) is 5.78 Å². The summed E-state index contributed by atoms with van der Waals surface area (Å²) in [7, 11) is -3.95. The molecular weight excluding hydrogens is 735 g/mol. The van der Waals surface area contributed by atoms with Crippen molar-refractivity contribution in [3.8, 4) is 11.6 Å². The van der Waals surface area contributed by atoms with E-state index in [1.165, 1.54) is 0 Å². The summed E-state index contributed by atoms with van der Waals surface area (Å²) in [6.45, 7) is 11.8. The minimum atomic E-state index is -3.95. The van der Waals surface area contributed by atoms with E-state index in [0.717, 1.165) is 47.9 Å². The number of allylic oxidation sites excluding steroid dienone is 2. The summed E-state index contributed by atoms with van der Waals surface area (Å²) in [5, 5.41) is 1.64. The molecule has 1 N–H and O–H groups in total. The van der Waals surface area contributed by atoms with Crippen molar-refractivity contribution in [1.82, 2.24) is 14.6 Å². The van der Waals surface area contributed by atoms with Crippen molar-refractivity contribution < 1.29 is 41.8 Å². The summed E-state index contributed by atoms with van der Waals surface area (Å²) in [6, 6.07) is 6.75. The van der Waals surface area contributed by atoms with Gasteiger partial charge in [0.25, 0.3) is 0 Å². The highest BCUT2D eigenvalue weighted by molar-refractivity contribution is 7.91. The number of amides is 2. The molecule has 2 aromatic rings. The van der Waals surface area contributed by atoms with E-state index in [-0.39, 0.29) is 55.3 Å². The monoisotopic (exact) mass is 791 g/mol. The first-order chi connectivity index (χ1) is 26.4. The number of nitrogens with zero attached hydrogens (tertiary/aromatic N) is 2. The number of hydrogen-bond donors (Lipinski definition) is 1. The van der Waals surface area contributed by atoms with E-state index in [0.29, 0.717) is 38.2 Å². The van der Waals surface area contributed by atoms with Gasteiger partial charge < -0.3 is 19.1 Å². The van der Waals surface area contributed by atoms with Gasteiger partial charge in [0, 0.05) is 23.6 Å². The van der Waals surface area contributed by atoms with E-state index in [1.807, 2.05) is 43.3 Å². The number of rotatable bonds is 7. The van der Waals surface area contributed by atoms with Gasteiger partial charge in [-0.1, -0.05) is 44.2 Å². The van der Waals surface area contributed by atoms with E-state index in [2.05, 4.69) is 11.6 Å². The maximum Gasteiger partial charge on any atom is 0.307 e. The number of fused-ring (bicyclic) bond motifs is 5. The fourth-order valence-corrected chi connectivity index (χ4v) is 10.2. The molecule has 56 heavy (non-hydrogen) atoms. The van der Waals surface area contributed by atoms with Gasteiger partial charge in [0.1, 0.15) is 17.5 Å². The third-order valence-corrected chi connectivity index (χ3v) is 14.7. The number of ether oxygens (including phenoxy) is 3. The van der Waals surface area contributed by atoms with Crippen LogP contribution in [0.2, 0.25) is 0 Å². The fourth-order valence-electron chi connectivity index (χ4n) is 8.90. The number of esters is 1. The SMILES string of the molecule is C[C@@H]1CC/C=C\[C@@H]2C[C@@]2(C(=O)NS(=O)(=O)C2(C)CC2)CC(=O)[C@@H]2C[C@@H](Oc3nc4c(c5ccccc35)OCCC4)CN2C(=O)[C@@H](CC(=O)OC(C)(C)C)[C@H](C)C1. The molecule has 1 aromatic carbocycles. The molecule has 1 saturated heterocycles. The van der Waals surface area contributed by atoms with Gasteiger partial charge in [-0.25, -0.2) is 13.4 Å². The molecule has 2 aliphatic carbocycles. The lowest BCUT2D eigenvalue weighted by atomic mass is 9.82. The van der Waals surface area contributed by atoms with E-state index in [1.54, 1.807) is 32.6 Å². The zero-order chi connectivity index (χ0) is 40.2. The predicted octanol–water partition coefficient (Wildman–Crippen LogP) is 6.23. The first-order valence-corrected chi connectivity index (χ1v) is 21.9. The molecule has 0 unspecified atom stereocenters. The molecule has 0 spiro atoms. The molecular formula is C43H57N3O9S. The number of ketones is 1. The Balaban J connectivity index is 1.24. The molecule has 0 radical (unpaired) electrons. The van der Waals surface area contributed by atoms with Crippen LogP contribution in [-0.2, 0) is 40.4 Å². The lowest BCUT2D eigenvalue weighted by Gasteiger charge is -2.32. The Bertz CT molecular complexity index is 2040. The van der Waals surface area contributed by atoms with Crippen molar-refractivity contribution in [1.29, 1.82) is 0 Å². The van der Waals surface area contributed by atoms with Crippen LogP contribution in [0.3, 0.4) is 0 Å². The van der Waals surface area contributed by atoms with E-state index < -0.39 is 55.7 Å². The molecule has 2 amide bonds. The van der Waals surface area contributed by atoms with Crippen LogP contribution < -0.4 is 14.2 Å². The number of Topliss-reactive ketones (excluding diaryl/α,β-unsaturated/α-hetero) is 1. The van der Waals surface area contributed by atoms with Crippen LogP contribution in [0.1, 0.15) is 111 Å². The van der Waals surface area contributed by atoms with Crippen molar-refractivity contribution in [2.24, 2.45) is 29.1 Å². The van der Waals surface area contributed by atoms with E-state index >= 15 is 0 Å². The van der Waals surface area contributed by atoms with E-state index in [4.69, 9.17) is 19.2 Å². The lowest BCUT2D eigenvalue weighted by Crippen LogP contribution is -2.48. The zero-order valence-electron chi connectivity index (χ0n) is 33.6. The number of carbonyl (C=O) groups is 4. The van der Waals surface area contributed by atoms with Gasteiger partial charge in [-0.3, -0.25) is 23.9 Å². The summed E-state index contributed by atoms with van der Waals surface area (Å²) in [6.07, 6.45) is 8.15. The third kappa shape index (κ3) is 8.20. The zero-order valence-corrected chi connectivity index (χ0v) is 34.4. The summed E-state index contributed by atoms with van der Waals surface area (Å²) in [4.78, 5) is 63.5. The average Bonchev–Trinajstić information content (AvgIpc) is 4.01. The van der Waals surface area contributed by atoms with Gasteiger partial charge in [-0.2, -0.15) is 0 Å². The lowest BCUT2D eigenvalue weighted by molar-refractivity contribution is -0.160. The minimum absolute atomic E-state index is 0.0706. The molecule has 1 aromatic heterocycles. The largest absolute Gasteiger partial charge is 0.491 e. The Morgan fingerprint density at radius 2 is 1.82 bits per heavy atom. The number of hydrogen-bond acceptors (Lipinski definition) is 10. The molecule has 12 nitrogen and oxygen atoms in total. The van der Waals surface area contributed by atoms with Gasteiger partial charge in [0.05, 0.1) is 47.4 Å². The summed E-state index contributed by atoms with van der Waals surface area (Å²) in [5.74, 6) is -1.77. The summed E-state index contributed by atoms with van der Waals surface area (Å²) in [5.41, 5.74) is -1.21. The topological polar surface area (TPSA) is 158 Å². The number of sulfonamides is 1. The van der Waals surface area contributed by atoms with Crippen LogP contribution in [-0.4, -0.2) is 77.5 Å². The molecule has 3 fully saturated rings. The Hall–Kier alpha value is -4.00.